The molecule has 3 saturated heterocycles. The van der Waals surface area contributed by atoms with Gasteiger partial charge in [0.25, 0.3) is 5.91 Å². The number of aryl methyl sites for hydroxylation is 1. The lowest BCUT2D eigenvalue weighted by molar-refractivity contribution is -0.141. The van der Waals surface area contributed by atoms with Crippen molar-refractivity contribution >= 4 is 11.8 Å². The fraction of sp³-hybridized carbons (Fsp3) is 0.519. The van der Waals surface area contributed by atoms with Crippen molar-refractivity contribution in [1.82, 2.24) is 19.7 Å². The summed E-state index contributed by atoms with van der Waals surface area (Å²) in [7, 11) is 0. The van der Waals surface area contributed by atoms with E-state index < -0.39 is 0 Å². The van der Waals surface area contributed by atoms with E-state index in [1.165, 1.54) is 5.56 Å². The molecule has 3 fully saturated rings. The van der Waals surface area contributed by atoms with E-state index in [1.54, 1.807) is 6.20 Å². The number of carbonyl (C=O) groups is 2. The molecule has 0 N–H and O–H groups in total. The normalized spacial score (nSPS) is 24.8. The van der Waals surface area contributed by atoms with Crippen molar-refractivity contribution in [1.29, 1.82) is 0 Å². The Labute approximate surface area is 196 Å². The Kier molecular flexibility index (Phi) is 5.73. The van der Waals surface area contributed by atoms with Crippen molar-refractivity contribution in [2.45, 2.75) is 39.7 Å². The molecule has 3 aliphatic rings. The molecule has 0 saturated carbocycles. The molecule has 0 bridgehead atoms. The zero-order chi connectivity index (χ0) is 23.1. The molecule has 3 aliphatic heterocycles. The lowest BCUT2D eigenvalue weighted by atomic mass is 9.60. The molecular weight excluding hydrogens is 412 g/mol. The molecule has 33 heavy (non-hydrogen) atoms. The van der Waals surface area contributed by atoms with Gasteiger partial charge in [-0.1, -0.05) is 23.8 Å². The van der Waals surface area contributed by atoms with Crippen LogP contribution in [-0.2, 0) is 11.3 Å². The second kappa shape index (κ2) is 8.56. The van der Waals surface area contributed by atoms with Crippen LogP contribution in [0.1, 0.15) is 47.7 Å². The summed E-state index contributed by atoms with van der Waals surface area (Å²) >= 11 is 0. The number of benzene rings is 1. The van der Waals surface area contributed by atoms with Gasteiger partial charge in [-0.3, -0.25) is 19.5 Å². The number of hydrogen-bond acceptors (Lipinski definition) is 4. The molecule has 174 valence electrons. The van der Waals surface area contributed by atoms with Crippen molar-refractivity contribution in [3.8, 4) is 0 Å². The second-order valence-corrected chi connectivity index (χ2v) is 10.2. The number of nitrogens with zero attached hydrogens (tertiary/aromatic N) is 4. The number of piperidine rings is 1. The SMILES string of the molecule is CCN1CCC2(CN(Cc3cccnc3)CC23CCN(C(=O)c2ccc(C)cc2)CC3)C1=O. The molecule has 2 aromatic rings. The quantitative estimate of drug-likeness (QED) is 0.723. The van der Waals surface area contributed by atoms with E-state index in [0.717, 1.165) is 63.1 Å². The summed E-state index contributed by atoms with van der Waals surface area (Å²) in [6.45, 7) is 9.72. The molecule has 1 aromatic carbocycles. The fourth-order valence-electron chi connectivity index (χ4n) is 6.48. The van der Waals surface area contributed by atoms with E-state index in [0.29, 0.717) is 19.0 Å². The van der Waals surface area contributed by atoms with Crippen molar-refractivity contribution in [2.24, 2.45) is 10.8 Å². The molecule has 4 heterocycles. The maximum Gasteiger partial charge on any atom is 0.253 e. The van der Waals surface area contributed by atoms with Crippen LogP contribution in [0.2, 0.25) is 0 Å². The van der Waals surface area contributed by atoms with Gasteiger partial charge >= 0.3 is 0 Å². The monoisotopic (exact) mass is 446 g/mol. The summed E-state index contributed by atoms with van der Waals surface area (Å²) in [5.74, 6) is 0.439. The molecule has 2 spiro atoms. The standard InChI is InChI=1S/C27H34N4O2/c1-3-30-16-12-27(25(30)33)20-29(18-22-5-4-13-28-17-22)19-26(27)10-14-31(15-11-26)24(32)23-8-6-21(2)7-9-23/h4-9,13,17H,3,10-12,14-16,18-20H2,1-2H3. The average molecular weight is 447 g/mol. The highest BCUT2D eigenvalue weighted by molar-refractivity contribution is 5.94. The predicted octanol–water partition coefficient (Wildman–Crippen LogP) is 3.37. The van der Waals surface area contributed by atoms with Crippen LogP contribution in [-0.4, -0.2) is 70.8 Å². The fourth-order valence-corrected chi connectivity index (χ4v) is 6.48. The molecule has 1 aromatic heterocycles. The average Bonchev–Trinajstić information content (AvgIpc) is 3.32. The van der Waals surface area contributed by atoms with E-state index in [2.05, 4.69) is 22.9 Å². The number of pyridine rings is 1. The summed E-state index contributed by atoms with van der Waals surface area (Å²) < 4.78 is 0. The van der Waals surface area contributed by atoms with Gasteiger partial charge in [-0.05, 0) is 56.9 Å². The van der Waals surface area contributed by atoms with Crippen LogP contribution >= 0.6 is 0 Å². The topological polar surface area (TPSA) is 56.8 Å². The highest BCUT2D eigenvalue weighted by atomic mass is 16.2. The van der Waals surface area contributed by atoms with Crippen LogP contribution in [0.4, 0.5) is 0 Å². The number of fused-ring (bicyclic) bond motifs is 1. The van der Waals surface area contributed by atoms with E-state index in [9.17, 15) is 9.59 Å². The number of likely N-dealkylation sites (tertiary alicyclic amines) is 3. The van der Waals surface area contributed by atoms with Gasteiger partial charge in [0, 0.05) is 69.2 Å². The van der Waals surface area contributed by atoms with Gasteiger partial charge < -0.3 is 9.80 Å². The third kappa shape index (κ3) is 3.74. The van der Waals surface area contributed by atoms with Gasteiger partial charge in [0.1, 0.15) is 0 Å². The number of rotatable bonds is 4. The molecule has 6 nitrogen and oxygen atoms in total. The zero-order valence-corrected chi connectivity index (χ0v) is 19.8. The van der Waals surface area contributed by atoms with Gasteiger partial charge in [-0.2, -0.15) is 0 Å². The van der Waals surface area contributed by atoms with Gasteiger partial charge in [-0.25, -0.2) is 0 Å². The van der Waals surface area contributed by atoms with Gasteiger partial charge in [0.05, 0.1) is 5.41 Å². The Balaban J connectivity index is 1.37. The molecule has 2 amide bonds. The van der Waals surface area contributed by atoms with Gasteiger partial charge in [0.2, 0.25) is 5.91 Å². The molecule has 0 radical (unpaired) electrons. The Hall–Kier alpha value is -2.73. The summed E-state index contributed by atoms with van der Waals surface area (Å²) in [5, 5.41) is 0. The summed E-state index contributed by atoms with van der Waals surface area (Å²) in [6, 6.07) is 11.9. The lowest BCUT2D eigenvalue weighted by Crippen LogP contribution is -2.53. The van der Waals surface area contributed by atoms with E-state index in [1.807, 2.05) is 53.3 Å². The van der Waals surface area contributed by atoms with E-state index >= 15 is 0 Å². The number of hydrogen-bond donors (Lipinski definition) is 0. The zero-order valence-electron chi connectivity index (χ0n) is 19.8. The smallest absolute Gasteiger partial charge is 0.253 e. The van der Waals surface area contributed by atoms with Crippen molar-refractivity contribution in [3.05, 3.63) is 65.5 Å². The molecule has 0 aliphatic carbocycles. The molecule has 5 rings (SSSR count). The Morgan fingerprint density at radius 1 is 1.03 bits per heavy atom. The molecular formula is C27H34N4O2. The van der Waals surface area contributed by atoms with E-state index in [4.69, 9.17) is 0 Å². The van der Waals surface area contributed by atoms with Crippen molar-refractivity contribution in [3.63, 3.8) is 0 Å². The van der Waals surface area contributed by atoms with Crippen LogP contribution in [0.25, 0.3) is 0 Å². The predicted molar refractivity (Wildman–Crippen MR) is 128 cm³/mol. The highest BCUT2D eigenvalue weighted by Crippen LogP contribution is 2.58. The third-order valence-corrected chi connectivity index (χ3v) is 8.36. The first-order valence-corrected chi connectivity index (χ1v) is 12.2. The van der Waals surface area contributed by atoms with Gasteiger partial charge in [0.15, 0.2) is 0 Å². The van der Waals surface area contributed by atoms with Crippen LogP contribution < -0.4 is 0 Å². The molecule has 6 heteroatoms. The number of amides is 2. The lowest BCUT2D eigenvalue weighted by Gasteiger charge is -2.47. The Morgan fingerprint density at radius 3 is 2.42 bits per heavy atom. The summed E-state index contributed by atoms with van der Waals surface area (Å²) in [6.07, 6.45) is 6.43. The minimum atomic E-state index is -0.329. The van der Waals surface area contributed by atoms with Crippen molar-refractivity contribution < 1.29 is 9.59 Å². The number of carbonyl (C=O) groups excluding carboxylic acids is 2. The van der Waals surface area contributed by atoms with Crippen LogP contribution in [0.3, 0.4) is 0 Å². The third-order valence-electron chi connectivity index (χ3n) is 8.36. The minimum absolute atomic E-state index is 0.0692. The maximum atomic E-state index is 13.7. The molecule has 1 unspecified atom stereocenters. The van der Waals surface area contributed by atoms with Crippen LogP contribution in [0.5, 0.6) is 0 Å². The summed E-state index contributed by atoms with van der Waals surface area (Å²) in [4.78, 5) is 37.6. The molecule has 1 atom stereocenters. The Morgan fingerprint density at radius 2 is 1.79 bits per heavy atom. The Bertz CT molecular complexity index is 1010. The highest BCUT2D eigenvalue weighted by Gasteiger charge is 2.64. The maximum absolute atomic E-state index is 13.7. The largest absolute Gasteiger partial charge is 0.342 e. The first-order valence-electron chi connectivity index (χ1n) is 12.2. The second-order valence-electron chi connectivity index (χ2n) is 10.2. The first-order chi connectivity index (χ1) is 16.0. The van der Waals surface area contributed by atoms with Gasteiger partial charge in [-0.15, -0.1) is 0 Å². The van der Waals surface area contributed by atoms with Crippen LogP contribution in [0.15, 0.2) is 48.8 Å². The minimum Gasteiger partial charge on any atom is -0.342 e. The van der Waals surface area contributed by atoms with Crippen LogP contribution in [0, 0.1) is 17.8 Å². The first kappa shape index (κ1) is 22.1. The van der Waals surface area contributed by atoms with E-state index in [-0.39, 0.29) is 16.7 Å². The van der Waals surface area contributed by atoms with Crippen molar-refractivity contribution in [2.75, 3.05) is 39.3 Å². The summed E-state index contributed by atoms with van der Waals surface area (Å²) in [5.41, 5.74) is 2.70. The number of aromatic nitrogens is 1.